The summed E-state index contributed by atoms with van der Waals surface area (Å²) in [5, 5.41) is 0.512. The zero-order valence-corrected chi connectivity index (χ0v) is 20.5. The molecule has 2 aromatic carbocycles. The van der Waals surface area contributed by atoms with Crippen molar-refractivity contribution in [1.29, 1.82) is 0 Å². The normalized spacial score (nSPS) is 14.4. The Morgan fingerprint density at radius 3 is 2.44 bits per heavy atom. The summed E-state index contributed by atoms with van der Waals surface area (Å²) in [6.45, 7) is 4.95. The smallest absolute Gasteiger partial charge is 0.231 e. The summed E-state index contributed by atoms with van der Waals surface area (Å²) in [4.78, 5) is 28.9. The lowest BCUT2D eigenvalue weighted by atomic mass is 9.88. The van der Waals surface area contributed by atoms with Gasteiger partial charge in [-0.15, -0.1) is 0 Å². The minimum atomic E-state index is -0.110. The monoisotopic (exact) mass is 473 g/mol. The number of ether oxygens (including phenoxy) is 1. The van der Waals surface area contributed by atoms with E-state index in [1.807, 2.05) is 29.2 Å². The molecular formula is C26H32ClNO3S. The SMILES string of the molecule is CC(C)CCN(C(=O)C1CCCCC1)c1ccccc1SC(=O)COc1ccc(Cl)cc1. The molecule has 0 radical (unpaired) electrons. The molecule has 0 spiro atoms. The van der Waals surface area contributed by atoms with Crippen molar-refractivity contribution in [3.63, 3.8) is 0 Å². The van der Waals surface area contributed by atoms with Gasteiger partial charge in [0.1, 0.15) is 5.75 Å². The second-order valence-electron chi connectivity index (χ2n) is 8.69. The van der Waals surface area contributed by atoms with Crippen LogP contribution in [0.15, 0.2) is 53.4 Å². The third-order valence-corrected chi connectivity index (χ3v) is 6.86. The van der Waals surface area contributed by atoms with Gasteiger partial charge in [-0.3, -0.25) is 9.59 Å². The van der Waals surface area contributed by atoms with Gasteiger partial charge < -0.3 is 9.64 Å². The van der Waals surface area contributed by atoms with Crippen LogP contribution in [-0.2, 0) is 9.59 Å². The second-order valence-corrected chi connectivity index (χ2v) is 10.2. The number of nitrogens with zero attached hydrogens (tertiary/aromatic N) is 1. The number of carbonyl (C=O) groups excluding carboxylic acids is 2. The Labute approximate surface area is 200 Å². The number of halogens is 1. The van der Waals surface area contributed by atoms with Gasteiger partial charge >= 0.3 is 0 Å². The number of hydrogen-bond acceptors (Lipinski definition) is 4. The zero-order valence-electron chi connectivity index (χ0n) is 18.9. The van der Waals surface area contributed by atoms with E-state index in [0.29, 0.717) is 23.2 Å². The molecule has 0 heterocycles. The molecule has 2 aromatic rings. The van der Waals surface area contributed by atoms with Crippen LogP contribution in [0.4, 0.5) is 5.69 Å². The topological polar surface area (TPSA) is 46.6 Å². The van der Waals surface area contributed by atoms with Crippen molar-refractivity contribution in [3.8, 4) is 5.75 Å². The molecule has 172 valence electrons. The van der Waals surface area contributed by atoms with Crippen LogP contribution in [0, 0.1) is 11.8 Å². The largest absolute Gasteiger partial charge is 0.485 e. The van der Waals surface area contributed by atoms with Gasteiger partial charge in [-0.05, 0) is 73.3 Å². The average molecular weight is 474 g/mol. The average Bonchev–Trinajstić information content (AvgIpc) is 2.80. The second kappa shape index (κ2) is 12.3. The van der Waals surface area contributed by atoms with Crippen molar-refractivity contribution in [1.82, 2.24) is 0 Å². The van der Waals surface area contributed by atoms with Crippen LogP contribution in [0.1, 0.15) is 52.4 Å². The summed E-state index contributed by atoms with van der Waals surface area (Å²) >= 11 is 7.03. The number of hydrogen-bond donors (Lipinski definition) is 0. The van der Waals surface area contributed by atoms with Crippen LogP contribution < -0.4 is 9.64 Å². The first-order chi connectivity index (χ1) is 15.4. The Kier molecular flexibility index (Phi) is 9.49. The third kappa shape index (κ3) is 7.28. The summed E-state index contributed by atoms with van der Waals surface area (Å²) in [6.07, 6.45) is 6.28. The highest BCUT2D eigenvalue weighted by Crippen LogP contribution is 2.34. The first-order valence-corrected chi connectivity index (χ1v) is 12.6. The number of thioether (sulfide) groups is 1. The molecule has 0 unspecified atom stereocenters. The van der Waals surface area contributed by atoms with E-state index in [1.165, 1.54) is 6.42 Å². The van der Waals surface area contributed by atoms with Crippen molar-refractivity contribution >= 4 is 40.1 Å². The highest BCUT2D eigenvalue weighted by Gasteiger charge is 2.28. The van der Waals surface area contributed by atoms with Crippen molar-refractivity contribution in [2.45, 2.75) is 57.3 Å². The maximum atomic E-state index is 13.5. The Balaban J connectivity index is 1.73. The standard InChI is InChI=1S/C26H32ClNO3S/c1-19(2)16-17-28(26(30)20-8-4-3-5-9-20)23-10-6-7-11-24(23)32-25(29)18-31-22-14-12-21(27)13-15-22/h6-7,10-15,19-20H,3-5,8-9,16-18H2,1-2H3. The minimum Gasteiger partial charge on any atom is -0.485 e. The highest BCUT2D eigenvalue weighted by atomic mass is 35.5. The summed E-state index contributed by atoms with van der Waals surface area (Å²) in [6, 6.07) is 14.7. The van der Waals surface area contributed by atoms with E-state index in [9.17, 15) is 9.59 Å². The molecule has 0 bridgehead atoms. The number of benzene rings is 2. The summed E-state index contributed by atoms with van der Waals surface area (Å²) in [5.41, 5.74) is 0.827. The van der Waals surface area contributed by atoms with Crippen molar-refractivity contribution in [2.24, 2.45) is 11.8 Å². The number of anilines is 1. The molecule has 3 rings (SSSR count). The lowest BCUT2D eigenvalue weighted by molar-refractivity contribution is -0.123. The predicted molar refractivity (Wildman–Crippen MR) is 133 cm³/mol. The third-order valence-electron chi connectivity index (χ3n) is 5.70. The van der Waals surface area contributed by atoms with E-state index in [1.54, 1.807) is 24.3 Å². The van der Waals surface area contributed by atoms with Gasteiger partial charge in [0.25, 0.3) is 0 Å². The van der Waals surface area contributed by atoms with Crippen LogP contribution in [0.5, 0.6) is 5.75 Å². The fraction of sp³-hybridized carbons (Fsp3) is 0.462. The molecule has 0 aliphatic heterocycles. The van der Waals surface area contributed by atoms with Gasteiger partial charge in [-0.2, -0.15) is 0 Å². The molecule has 1 aliphatic carbocycles. The summed E-state index contributed by atoms with van der Waals surface area (Å²) in [5.74, 6) is 1.37. The van der Waals surface area contributed by atoms with E-state index in [0.717, 1.165) is 54.4 Å². The van der Waals surface area contributed by atoms with E-state index in [2.05, 4.69) is 13.8 Å². The van der Waals surface area contributed by atoms with Gasteiger partial charge in [0.2, 0.25) is 11.0 Å². The van der Waals surface area contributed by atoms with Crippen molar-refractivity contribution in [3.05, 3.63) is 53.6 Å². The predicted octanol–water partition coefficient (Wildman–Crippen LogP) is 7.00. The molecule has 0 atom stereocenters. The van der Waals surface area contributed by atoms with E-state index < -0.39 is 0 Å². The minimum absolute atomic E-state index is 0.0524. The fourth-order valence-electron chi connectivity index (χ4n) is 3.90. The summed E-state index contributed by atoms with van der Waals surface area (Å²) < 4.78 is 5.61. The lowest BCUT2D eigenvalue weighted by Gasteiger charge is -2.31. The molecule has 32 heavy (non-hydrogen) atoms. The van der Waals surface area contributed by atoms with Gasteiger partial charge in [0.15, 0.2) is 6.61 Å². The zero-order chi connectivity index (χ0) is 22.9. The van der Waals surface area contributed by atoms with Crippen molar-refractivity contribution in [2.75, 3.05) is 18.1 Å². The molecule has 1 fully saturated rings. The maximum Gasteiger partial charge on any atom is 0.231 e. The molecule has 1 amide bonds. The highest BCUT2D eigenvalue weighted by molar-refractivity contribution is 8.13. The van der Waals surface area contributed by atoms with E-state index in [4.69, 9.17) is 16.3 Å². The fourth-order valence-corrected chi connectivity index (χ4v) is 4.82. The Morgan fingerprint density at radius 2 is 1.75 bits per heavy atom. The van der Waals surface area contributed by atoms with Gasteiger partial charge in [-0.25, -0.2) is 0 Å². The number of amides is 1. The lowest BCUT2D eigenvalue weighted by Crippen LogP contribution is -2.38. The molecular weight excluding hydrogens is 442 g/mol. The van der Waals surface area contributed by atoms with Crippen LogP contribution in [0.25, 0.3) is 0 Å². The molecule has 0 saturated heterocycles. The Morgan fingerprint density at radius 1 is 1.06 bits per heavy atom. The summed E-state index contributed by atoms with van der Waals surface area (Å²) in [7, 11) is 0. The molecule has 0 N–H and O–H groups in total. The van der Waals surface area contributed by atoms with Gasteiger partial charge in [0.05, 0.1) is 5.69 Å². The first-order valence-electron chi connectivity index (χ1n) is 11.4. The maximum absolute atomic E-state index is 13.5. The van der Waals surface area contributed by atoms with E-state index in [-0.39, 0.29) is 23.5 Å². The number of carbonyl (C=O) groups is 2. The molecule has 4 nitrogen and oxygen atoms in total. The molecule has 1 saturated carbocycles. The first kappa shape index (κ1) is 24.7. The van der Waals surface area contributed by atoms with Gasteiger partial charge in [-0.1, -0.05) is 56.8 Å². The van der Waals surface area contributed by atoms with Crippen LogP contribution in [-0.4, -0.2) is 24.2 Å². The van der Waals surface area contributed by atoms with Crippen LogP contribution >= 0.6 is 23.4 Å². The van der Waals surface area contributed by atoms with Crippen LogP contribution in [0.3, 0.4) is 0 Å². The quantitative estimate of drug-likeness (QED) is 0.368. The number of para-hydroxylation sites is 1. The van der Waals surface area contributed by atoms with Gasteiger partial charge in [0, 0.05) is 22.4 Å². The Hall–Kier alpha value is -1.98. The van der Waals surface area contributed by atoms with Crippen molar-refractivity contribution < 1.29 is 14.3 Å². The molecule has 6 heteroatoms. The van der Waals surface area contributed by atoms with Crippen LogP contribution in [0.2, 0.25) is 5.02 Å². The Bertz CT molecular complexity index is 894. The number of rotatable bonds is 9. The molecule has 1 aliphatic rings. The van der Waals surface area contributed by atoms with E-state index >= 15 is 0 Å². The molecule has 0 aromatic heterocycles.